The van der Waals surface area contributed by atoms with E-state index in [4.69, 9.17) is 25.1 Å². The number of carbonyl (C=O) groups is 1. The van der Waals surface area contributed by atoms with E-state index >= 15 is 0 Å². The van der Waals surface area contributed by atoms with Crippen LogP contribution >= 0.6 is 0 Å². The van der Waals surface area contributed by atoms with E-state index in [2.05, 4.69) is 20.9 Å². The van der Waals surface area contributed by atoms with E-state index < -0.39 is 11.4 Å². The van der Waals surface area contributed by atoms with Crippen molar-refractivity contribution in [3.63, 3.8) is 0 Å². The number of hydrazine groups is 1. The highest BCUT2D eigenvalue weighted by Crippen LogP contribution is 2.31. The maximum atomic E-state index is 13.9. The molecular formula is C28H29FN6O4. The summed E-state index contributed by atoms with van der Waals surface area (Å²) in [5, 5.41) is 12.7. The Bertz CT molecular complexity index is 1360. The molecule has 0 aliphatic carbocycles. The first-order valence-electron chi connectivity index (χ1n) is 12.5. The van der Waals surface area contributed by atoms with Crippen molar-refractivity contribution in [2.45, 2.75) is 24.8 Å². The first kappa shape index (κ1) is 27.6. The van der Waals surface area contributed by atoms with Gasteiger partial charge in [-0.1, -0.05) is 47.6 Å². The van der Waals surface area contributed by atoms with Crippen molar-refractivity contribution < 1.29 is 23.8 Å². The van der Waals surface area contributed by atoms with Crippen molar-refractivity contribution in [1.29, 1.82) is 0 Å². The second-order valence-corrected chi connectivity index (χ2v) is 8.90. The normalized spacial score (nSPS) is 16.1. The molecule has 202 valence electrons. The fourth-order valence-electron chi connectivity index (χ4n) is 4.11. The van der Waals surface area contributed by atoms with Gasteiger partial charge in [-0.3, -0.25) is 10.2 Å². The molecular weight excluding hydrogens is 503 g/mol. The smallest absolute Gasteiger partial charge is 0.266 e. The van der Waals surface area contributed by atoms with Gasteiger partial charge in [0, 0.05) is 42.2 Å². The summed E-state index contributed by atoms with van der Waals surface area (Å²) in [5.41, 5.74) is 15.4. The molecule has 3 N–H and O–H groups in total. The summed E-state index contributed by atoms with van der Waals surface area (Å²) in [6.07, 6.45) is 1.02. The third-order valence-electron chi connectivity index (χ3n) is 6.16. The Morgan fingerprint density at radius 1 is 1.13 bits per heavy atom. The van der Waals surface area contributed by atoms with Gasteiger partial charge in [0.1, 0.15) is 18.2 Å². The van der Waals surface area contributed by atoms with Gasteiger partial charge in [0.2, 0.25) is 5.90 Å². The van der Waals surface area contributed by atoms with Gasteiger partial charge in [-0.15, -0.1) is 0 Å². The van der Waals surface area contributed by atoms with E-state index in [9.17, 15) is 9.18 Å². The zero-order chi connectivity index (χ0) is 27.5. The summed E-state index contributed by atoms with van der Waals surface area (Å²) in [4.78, 5) is 21.1. The summed E-state index contributed by atoms with van der Waals surface area (Å²) >= 11 is 0. The largest absolute Gasteiger partial charge is 0.494 e. The fourth-order valence-corrected chi connectivity index (χ4v) is 4.11. The standard InChI is InChI=1S/C28H29FN6O4/c29-24-8-3-1-6-20(24)14-15-31-34-27(37)28(18-22-7-2-4-9-25(22)33-35-30)19-39-26(32-28)21-10-12-23(13-11-21)38-17-5-16-36/h1-4,6-13,31,36H,5,14-19H2,(H,34,37)/t28-/m0/s1. The predicted molar refractivity (Wildman–Crippen MR) is 144 cm³/mol. The number of aliphatic hydroxyl groups excluding tert-OH is 1. The van der Waals surface area contributed by atoms with Crippen LogP contribution in [0.3, 0.4) is 0 Å². The molecule has 3 aromatic carbocycles. The number of carbonyl (C=O) groups excluding carboxylic acids is 1. The van der Waals surface area contributed by atoms with Gasteiger partial charge in [-0.05, 0) is 53.4 Å². The lowest BCUT2D eigenvalue weighted by atomic mass is 9.91. The van der Waals surface area contributed by atoms with Crippen LogP contribution in [0.4, 0.5) is 10.1 Å². The van der Waals surface area contributed by atoms with E-state index in [0.29, 0.717) is 60.0 Å². The lowest BCUT2D eigenvalue weighted by molar-refractivity contribution is -0.127. The van der Waals surface area contributed by atoms with E-state index in [1.54, 1.807) is 66.7 Å². The van der Waals surface area contributed by atoms with Crippen LogP contribution in [0.15, 0.2) is 82.9 Å². The topological polar surface area (TPSA) is 141 Å². The molecule has 0 aromatic heterocycles. The SMILES string of the molecule is [N-]=[N+]=Nc1ccccc1C[C@@]1(C(=O)NNCCc2ccccc2F)COC(c2ccc(OCCCO)cc2)=N1. The van der Waals surface area contributed by atoms with E-state index in [1.807, 2.05) is 0 Å². The number of amides is 1. The van der Waals surface area contributed by atoms with Gasteiger partial charge in [-0.2, -0.15) is 0 Å². The number of ether oxygens (including phenoxy) is 2. The van der Waals surface area contributed by atoms with Crippen molar-refractivity contribution in [1.82, 2.24) is 10.9 Å². The summed E-state index contributed by atoms with van der Waals surface area (Å²) in [5.74, 6) is 0.183. The minimum atomic E-state index is -1.35. The molecule has 4 rings (SSSR count). The van der Waals surface area contributed by atoms with Crippen LogP contribution in [-0.2, 0) is 22.4 Å². The molecule has 0 saturated heterocycles. The van der Waals surface area contributed by atoms with Gasteiger partial charge in [-0.25, -0.2) is 14.8 Å². The van der Waals surface area contributed by atoms with Crippen LogP contribution in [0.1, 0.15) is 23.1 Å². The molecule has 1 heterocycles. The molecule has 0 saturated carbocycles. The molecule has 3 aromatic rings. The number of azide groups is 1. The Kier molecular flexibility index (Phi) is 9.47. The third-order valence-corrected chi connectivity index (χ3v) is 6.16. The van der Waals surface area contributed by atoms with Crippen molar-refractivity contribution in [3.8, 4) is 5.75 Å². The number of rotatable bonds is 13. The third kappa shape index (κ3) is 7.11. The molecule has 1 amide bonds. The average molecular weight is 533 g/mol. The van der Waals surface area contributed by atoms with E-state index in [0.717, 1.165) is 0 Å². The van der Waals surface area contributed by atoms with Crippen LogP contribution < -0.4 is 15.6 Å². The number of nitrogens with one attached hydrogen (secondary N) is 2. The Labute approximate surface area is 225 Å². The van der Waals surface area contributed by atoms with Crippen LogP contribution in [0.2, 0.25) is 0 Å². The van der Waals surface area contributed by atoms with Crippen molar-refractivity contribution >= 4 is 17.5 Å². The van der Waals surface area contributed by atoms with Crippen LogP contribution in [0.25, 0.3) is 10.4 Å². The molecule has 0 bridgehead atoms. The molecule has 0 spiro atoms. The van der Waals surface area contributed by atoms with E-state index in [-0.39, 0.29) is 25.5 Å². The first-order valence-corrected chi connectivity index (χ1v) is 12.5. The number of aliphatic imine (C=N–C) groups is 1. The fraction of sp³-hybridized carbons (Fsp3) is 0.286. The number of hydrogen-bond acceptors (Lipinski definition) is 7. The van der Waals surface area contributed by atoms with Crippen molar-refractivity contribution in [2.75, 3.05) is 26.4 Å². The molecule has 39 heavy (non-hydrogen) atoms. The first-order chi connectivity index (χ1) is 19.0. The Morgan fingerprint density at radius 2 is 1.87 bits per heavy atom. The summed E-state index contributed by atoms with van der Waals surface area (Å²) in [6.45, 7) is 0.703. The van der Waals surface area contributed by atoms with Crippen molar-refractivity contribution in [2.24, 2.45) is 10.1 Å². The van der Waals surface area contributed by atoms with Crippen molar-refractivity contribution in [3.05, 3.63) is 106 Å². The maximum Gasteiger partial charge on any atom is 0.266 e. The second-order valence-electron chi connectivity index (χ2n) is 8.90. The van der Waals surface area contributed by atoms with Crippen LogP contribution in [0, 0.1) is 5.82 Å². The highest BCUT2D eigenvalue weighted by atomic mass is 19.1. The number of hydrogen-bond donors (Lipinski definition) is 3. The lowest BCUT2D eigenvalue weighted by Gasteiger charge is -2.24. The molecule has 0 fully saturated rings. The highest BCUT2D eigenvalue weighted by molar-refractivity contribution is 6.00. The molecule has 1 aliphatic rings. The number of nitrogens with zero attached hydrogens (tertiary/aromatic N) is 4. The highest BCUT2D eigenvalue weighted by Gasteiger charge is 2.45. The van der Waals surface area contributed by atoms with E-state index in [1.165, 1.54) is 6.07 Å². The zero-order valence-electron chi connectivity index (χ0n) is 21.2. The summed E-state index contributed by atoms with van der Waals surface area (Å²) in [6, 6.07) is 20.5. The molecule has 1 atom stereocenters. The monoisotopic (exact) mass is 532 g/mol. The Hall–Kier alpha value is -4.44. The molecule has 11 heteroatoms. The summed E-state index contributed by atoms with van der Waals surface area (Å²) in [7, 11) is 0. The number of benzene rings is 3. The minimum absolute atomic E-state index is 0.0392. The van der Waals surface area contributed by atoms with Gasteiger partial charge >= 0.3 is 0 Å². The molecule has 0 unspecified atom stereocenters. The predicted octanol–water partition coefficient (Wildman–Crippen LogP) is 4.15. The van der Waals surface area contributed by atoms with Gasteiger partial charge in [0.05, 0.1) is 6.61 Å². The quantitative estimate of drug-likeness (QED) is 0.0997. The molecule has 1 aliphatic heterocycles. The Morgan fingerprint density at radius 3 is 2.62 bits per heavy atom. The summed E-state index contributed by atoms with van der Waals surface area (Å²) < 4.78 is 25.4. The molecule has 10 nitrogen and oxygen atoms in total. The second kappa shape index (κ2) is 13.4. The Balaban J connectivity index is 1.53. The van der Waals surface area contributed by atoms with Crippen LogP contribution in [-0.4, -0.2) is 48.8 Å². The zero-order valence-corrected chi connectivity index (χ0v) is 21.2. The van der Waals surface area contributed by atoms with Gasteiger partial charge < -0.3 is 14.6 Å². The van der Waals surface area contributed by atoms with Gasteiger partial charge in [0.25, 0.3) is 5.91 Å². The van der Waals surface area contributed by atoms with Crippen LogP contribution in [0.5, 0.6) is 5.75 Å². The number of aliphatic hydroxyl groups is 1. The minimum Gasteiger partial charge on any atom is -0.494 e. The molecule has 0 radical (unpaired) electrons. The lowest BCUT2D eigenvalue weighted by Crippen LogP contribution is -2.53. The average Bonchev–Trinajstić information content (AvgIpc) is 3.39. The van der Waals surface area contributed by atoms with Gasteiger partial charge in [0.15, 0.2) is 5.54 Å². The number of halogens is 1. The maximum absolute atomic E-state index is 13.9.